The first-order chi connectivity index (χ1) is 8.79. The minimum atomic E-state index is -0.0802. The Bertz CT molecular complexity index is 575. The minimum Gasteiger partial charge on any atom is -0.384 e. The number of benzene rings is 1. The highest BCUT2D eigenvalue weighted by Crippen LogP contribution is 2.28. The maximum Gasteiger partial charge on any atom is 0.104 e. The highest BCUT2D eigenvalue weighted by molar-refractivity contribution is 7.98. The van der Waals surface area contributed by atoms with E-state index in [-0.39, 0.29) is 6.61 Å². The zero-order valence-electron chi connectivity index (χ0n) is 10.1. The number of aryl methyl sites for hydroxylation is 1. The van der Waals surface area contributed by atoms with E-state index in [1.54, 1.807) is 11.3 Å². The van der Waals surface area contributed by atoms with Gasteiger partial charge in [-0.05, 0) is 24.6 Å². The first kappa shape index (κ1) is 13.2. The molecule has 0 saturated carbocycles. The van der Waals surface area contributed by atoms with E-state index < -0.39 is 0 Å². The molecular weight excluding hydrogens is 260 g/mol. The summed E-state index contributed by atoms with van der Waals surface area (Å²) in [5, 5.41) is 10.7. The third kappa shape index (κ3) is 3.64. The number of hydrogen-bond acceptors (Lipinski definition) is 3. The van der Waals surface area contributed by atoms with E-state index in [0.717, 1.165) is 11.3 Å². The summed E-state index contributed by atoms with van der Waals surface area (Å²) in [5.41, 5.74) is 2.31. The van der Waals surface area contributed by atoms with Crippen molar-refractivity contribution in [2.75, 3.05) is 6.61 Å². The first-order valence-electron chi connectivity index (χ1n) is 5.65. The summed E-state index contributed by atoms with van der Waals surface area (Å²) < 4.78 is 0. The predicted octanol–water partition coefficient (Wildman–Crippen LogP) is 3.69. The van der Waals surface area contributed by atoms with Crippen molar-refractivity contribution in [3.8, 4) is 11.8 Å². The molecule has 1 heterocycles. The molecule has 0 radical (unpaired) electrons. The molecule has 0 unspecified atom stereocenters. The van der Waals surface area contributed by atoms with Crippen molar-refractivity contribution in [1.82, 2.24) is 0 Å². The smallest absolute Gasteiger partial charge is 0.104 e. The molecular formula is C15H14OS2. The van der Waals surface area contributed by atoms with E-state index >= 15 is 0 Å². The SMILES string of the molecule is Cc1ccccc1SCc1cc(C#CCO)cs1. The number of aliphatic hydroxyl groups is 1. The summed E-state index contributed by atoms with van der Waals surface area (Å²) in [6.45, 7) is 2.05. The summed E-state index contributed by atoms with van der Waals surface area (Å²) in [6.07, 6.45) is 0. The maximum atomic E-state index is 8.64. The standard InChI is InChI=1S/C15H14OS2/c1-12-5-2-3-7-15(12)18-11-14-9-13(10-17-14)6-4-8-16/h2-3,5,7,9-10,16H,8,11H2,1H3. The molecule has 3 heteroatoms. The van der Waals surface area contributed by atoms with Crippen LogP contribution in [-0.4, -0.2) is 11.7 Å². The van der Waals surface area contributed by atoms with E-state index in [1.807, 2.05) is 17.1 Å². The van der Waals surface area contributed by atoms with Gasteiger partial charge in [0.2, 0.25) is 0 Å². The second-order valence-corrected chi connectivity index (χ2v) is 5.83. The van der Waals surface area contributed by atoms with Crippen molar-refractivity contribution < 1.29 is 5.11 Å². The van der Waals surface area contributed by atoms with Crippen LogP contribution in [-0.2, 0) is 5.75 Å². The molecule has 1 aromatic carbocycles. The van der Waals surface area contributed by atoms with Gasteiger partial charge in [0.15, 0.2) is 0 Å². The summed E-state index contributed by atoms with van der Waals surface area (Å²) in [4.78, 5) is 2.64. The molecule has 1 nitrogen and oxygen atoms in total. The normalized spacial score (nSPS) is 9.89. The van der Waals surface area contributed by atoms with Crippen LogP contribution in [0.3, 0.4) is 0 Å². The van der Waals surface area contributed by atoms with E-state index in [0.29, 0.717) is 0 Å². The summed E-state index contributed by atoms with van der Waals surface area (Å²) in [6, 6.07) is 10.5. The van der Waals surface area contributed by atoms with Gasteiger partial charge in [-0.25, -0.2) is 0 Å². The lowest BCUT2D eigenvalue weighted by molar-refractivity contribution is 0.350. The van der Waals surface area contributed by atoms with Crippen LogP contribution in [0, 0.1) is 18.8 Å². The molecule has 0 spiro atoms. The zero-order chi connectivity index (χ0) is 12.8. The van der Waals surface area contributed by atoms with Crippen LogP contribution in [0.4, 0.5) is 0 Å². The van der Waals surface area contributed by atoms with Gasteiger partial charge in [-0.2, -0.15) is 0 Å². The van der Waals surface area contributed by atoms with Crippen molar-refractivity contribution in [3.05, 3.63) is 51.7 Å². The van der Waals surface area contributed by atoms with Gasteiger partial charge in [-0.15, -0.1) is 23.1 Å². The number of aliphatic hydroxyl groups excluding tert-OH is 1. The molecule has 0 fully saturated rings. The number of thioether (sulfide) groups is 1. The van der Waals surface area contributed by atoms with Gasteiger partial charge in [0.1, 0.15) is 6.61 Å². The molecule has 0 aliphatic carbocycles. The molecule has 0 saturated heterocycles. The molecule has 0 aliphatic rings. The second kappa shape index (κ2) is 6.65. The van der Waals surface area contributed by atoms with Gasteiger partial charge in [0.05, 0.1) is 0 Å². The Morgan fingerprint density at radius 1 is 1.33 bits per heavy atom. The van der Waals surface area contributed by atoms with Crippen LogP contribution in [0.5, 0.6) is 0 Å². The Labute approximate surface area is 116 Å². The van der Waals surface area contributed by atoms with Crippen LogP contribution in [0.1, 0.15) is 16.0 Å². The summed E-state index contributed by atoms with van der Waals surface area (Å²) >= 11 is 3.57. The molecule has 0 bridgehead atoms. The molecule has 1 aromatic heterocycles. The number of rotatable bonds is 3. The van der Waals surface area contributed by atoms with Gasteiger partial charge in [0.25, 0.3) is 0 Å². The Balaban J connectivity index is 1.98. The van der Waals surface area contributed by atoms with Crippen LogP contribution >= 0.6 is 23.1 Å². The quantitative estimate of drug-likeness (QED) is 0.680. The lowest BCUT2D eigenvalue weighted by Gasteiger charge is -2.03. The Morgan fingerprint density at radius 2 is 2.17 bits per heavy atom. The molecule has 92 valence electrons. The van der Waals surface area contributed by atoms with Gasteiger partial charge in [-0.1, -0.05) is 30.0 Å². The average Bonchev–Trinajstić information content (AvgIpc) is 2.83. The fourth-order valence-electron chi connectivity index (χ4n) is 1.53. The topological polar surface area (TPSA) is 20.2 Å². The molecule has 0 aliphatic heterocycles. The Kier molecular flexibility index (Phi) is 4.89. The van der Waals surface area contributed by atoms with E-state index in [9.17, 15) is 0 Å². The van der Waals surface area contributed by atoms with Crippen molar-refractivity contribution in [2.24, 2.45) is 0 Å². The fourth-order valence-corrected chi connectivity index (χ4v) is 3.43. The van der Waals surface area contributed by atoms with Gasteiger partial charge < -0.3 is 5.11 Å². The number of thiophene rings is 1. The highest BCUT2D eigenvalue weighted by Gasteiger charge is 2.01. The molecule has 1 N–H and O–H groups in total. The van der Waals surface area contributed by atoms with Gasteiger partial charge in [-0.3, -0.25) is 0 Å². The van der Waals surface area contributed by atoms with Crippen LogP contribution in [0.15, 0.2) is 40.6 Å². The lowest BCUT2D eigenvalue weighted by atomic mass is 10.2. The lowest BCUT2D eigenvalue weighted by Crippen LogP contribution is -1.79. The maximum absolute atomic E-state index is 8.64. The fraction of sp³-hybridized carbons (Fsp3) is 0.200. The zero-order valence-corrected chi connectivity index (χ0v) is 11.8. The molecule has 0 atom stereocenters. The van der Waals surface area contributed by atoms with Crippen LogP contribution < -0.4 is 0 Å². The Hall–Kier alpha value is -1.21. The average molecular weight is 274 g/mol. The monoisotopic (exact) mass is 274 g/mol. The van der Waals surface area contributed by atoms with Crippen LogP contribution in [0.25, 0.3) is 0 Å². The first-order valence-corrected chi connectivity index (χ1v) is 7.51. The minimum absolute atomic E-state index is 0.0802. The van der Waals surface area contributed by atoms with E-state index in [1.165, 1.54) is 15.3 Å². The van der Waals surface area contributed by atoms with E-state index in [2.05, 4.69) is 49.1 Å². The van der Waals surface area contributed by atoms with Crippen molar-refractivity contribution in [1.29, 1.82) is 0 Å². The Morgan fingerprint density at radius 3 is 2.94 bits per heavy atom. The van der Waals surface area contributed by atoms with Gasteiger partial charge in [0, 0.05) is 26.5 Å². The molecule has 2 rings (SSSR count). The van der Waals surface area contributed by atoms with Crippen molar-refractivity contribution >= 4 is 23.1 Å². The van der Waals surface area contributed by atoms with Crippen LogP contribution in [0.2, 0.25) is 0 Å². The van der Waals surface area contributed by atoms with Gasteiger partial charge >= 0.3 is 0 Å². The third-order valence-corrected chi connectivity index (χ3v) is 4.77. The van der Waals surface area contributed by atoms with Crippen molar-refractivity contribution in [3.63, 3.8) is 0 Å². The largest absolute Gasteiger partial charge is 0.384 e. The molecule has 0 amide bonds. The third-order valence-electron chi connectivity index (χ3n) is 2.43. The highest BCUT2D eigenvalue weighted by atomic mass is 32.2. The van der Waals surface area contributed by atoms with Crippen molar-refractivity contribution in [2.45, 2.75) is 17.6 Å². The summed E-state index contributed by atoms with van der Waals surface area (Å²) in [5.74, 6) is 6.56. The number of hydrogen-bond donors (Lipinski definition) is 1. The second-order valence-electron chi connectivity index (χ2n) is 3.82. The summed E-state index contributed by atoms with van der Waals surface area (Å²) in [7, 11) is 0. The molecule has 18 heavy (non-hydrogen) atoms. The molecule has 2 aromatic rings. The predicted molar refractivity (Wildman–Crippen MR) is 79.0 cm³/mol. The van der Waals surface area contributed by atoms with E-state index in [4.69, 9.17) is 5.11 Å².